The van der Waals surface area contributed by atoms with E-state index in [0.717, 1.165) is 37.8 Å². The van der Waals surface area contributed by atoms with Crippen LogP contribution >= 0.6 is 0 Å². The number of carbonyl (C=O) groups is 1. The van der Waals surface area contributed by atoms with Crippen molar-refractivity contribution >= 4 is 14.5 Å². The van der Waals surface area contributed by atoms with E-state index in [2.05, 4.69) is 13.5 Å². The molecule has 0 spiro atoms. The fourth-order valence-corrected chi connectivity index (χ4v) is 4.74. The zero-order valence-corrected chi connectivity index (χ0v) is 13.8. The number of esters is 1. The third-order valence-electron chi connectivity index (χ3n) is 3.16. The Morgan fingerprint density at radius 1 is 1.11 bits per heavy atom. The molecule has 4 nitrogen and oxygen atoms in total. The van der Waals surface area contributed by atoms with Gasteiger partial charge in [0.25, 0.3) is 0 Å². The summed E-state index contributed by atoms with van der Waals surface area (Å²) in [5, 5.41) is 0. The van der Waals surface area contributed by atoms with Gasteiger partial charge >= 0.3 is 14.5 Å². The number of hydrogen-bond donors (Lipinski definition) is 0. The molecule has 0 atom stereocenters. The molecule has 0 saturated heterocycles. The second kappa shape index (κ2) is 10.2. The lowest BCUT2D eigenvalue weighted by Crippen LogP contribution is -2.39. The molecule has 0 aromatic carbocycles. The molecule has 112 valence electrons. The van der Waals surface area contributed by atoms with Gasteiger partial charge < -0.3 is 13.6 Å². The van der Waals surface area contributed by atoms with Crippen LogP contribution in [0.2, 0.25) is 12.1 Å². The molecular formula is C14H28O4Si. The van der Waals surface area contributed by atoms with Crippen molar-refractivity contribution in [3.63, 3.8) is 0 Å². The molecule has 0 N–H and O–H groups in total. The van der Waals surface area contributed by atoms with E-state index < -0.39 is 8.56 Å². The Morgan fingerprint density at radius 2 is 1.74 bits per heavy atom. The van der Waals surface area contributed by atoms with Crippen molar-refractivity contribution in [1.82, 2.24) is 0 Å². The van der Waals surface area contributed by atoms with Crippen LogP contribution in [0.1, 0.15) is 39.5 Å². The molecule has 5 heteroatoms. The van der Waals surface area contributed by atoms with Crippen molar-refractivity contribution in [1.29, 1.82) is 0 Å². The highest BCUT2D eigenvalue weighted by atomic mass is 28.4. The highest BCUT2D eigenvalue weighted by Gasteiger charge is 2.33. The monoisotopic (exact) mass is 288 g/mol. The minimum Gasteiger partial charge on any atom is -0.462 e. The average molecular weight is 288 g/mol. The van der Waals surface area contributed by atoms with Gasteiger partial charge in [-0.25, -0.2) is 4.79 Å². The Labute approximate surface area is 118 Å². The van der Waals surface area contributed by atoms with Crippen LogP contribution in [-0.4, -0.2) is 35.4 Å². The van der Waals surface area contributed by atoms with Crippen LogP contribution < -0.4 is 0 Å². The van der Waals surface area contributed by atoms with Gasteiger partial charge in [0, 0.05) is 19.8 Å². The maximum Gasteiger partial charge on any atom is 0.337 e. The summed E-state index contributed by atoms with van der Waals surface area (Å²) in [4.78, 5) is 11.2. The number of hydrogen-bond acceptors (Lipinski definition) is 4. The molecule has 0 unspecified atom stereocenters. The normalized spacial score (nSPS) is 11.4. The molecule has 0 radical (unpaired) electrons. The first-order chi connectivity index (χ1) is 9.01. The van der Waals surface area contributed by atoms with Crippen molar-refractivity contribution < 1.29 is 18.4 Å². The van der Waals surface area contributed by atoms with Crippen LogP contribution in [-0.2, 0) is 18.4 Å². The lowest BCUT2D eigenvalue weighted by molar-refractivity contribution is -0.139. The number of rotatable bonds is 11. The molecular weight excluding hydrogens is 260 g/mol. The number of unbranched alkanes of at least 4 members (excludes halogenated alkanes) is 2. The van der Waals surface area contributed by atoms with E-state index in [1.807, 2.05) is 0 Å². The molecule has 0 heterocycles. The summed E-state index contributed by atoms with van der Waals surface area (Å²) in [5.41, 5.74) is 0.452. The molecule has 0 amide bonds. The highest BCUT2D eigenvalue weighted by Crippen LogP contribution is 2.22. The van der Waals surface area contributed by atoms with Gasteiger partial charge in [0.1, 0.15) is 0 Å². The quantitative estimate of drug-likeness (QED) is 0.253. The summed E-state index contributed by atoms with van der Waals surface area (Å²) in [6.45, 7) is 7.82. The third-order valence-corrected chi connectivity index (χ3v) is 7.02. The summed E-state index contributed by atoms with van der Waals surface area (Å²) < 4.78 is 16.3. The number of carbonyl (C=O) groups excluding carboxylic acids is 1. The Kier molecular flexibility index (Phi) is 9.82. The predicted molar refractivity (Wildman–Crippen MR) is 79.3 cm³/mol. The molecule has 0 saturated carbocycles. The van der Waals surface area contributed by atoms with Crippen molar-refractivity contribution in [3.05, 3.63) is 12.2 Å². The summed E-state index contributed by atoms with van der Waals surface area (Å²) >= 11 is 0. The molecule has 0 aromatic heterocycles. The van der Waals surface area contributed by atoms with Gasteiger partial charge in [-0.2, -0.15) is 0 Å². The van der Waals surface area contributed by atoms with E-state index >= 15 is 0 Å². The molecule has 0 rings (SSSR count). The van der Waals surface area contributed by atoms with Gasteiger partial charge in [-0.1, -0.05) is 32.8 Å². The molecule has 0 fully saturated rings. The van der Waals surface area contributed by atoms with E-state index in [1.54, 1.807) is 21.1 Å². The molecule has 0 aliphatic heterocycles. The minimum absolute atomic E-state index is 0.302. The molecule has 19 heavy (non-hydrogen) atoms. The second-order valence-electron chi connectivity index (χ2n) is 4.80. The smallest absolute Gasteiger partial charge is 0.337 e. The van der Waals surface area contributed by atoms with Crippen molar-refractivity contribution in [3.8, 4) is 0 Å². The first-order valence-corrected chi connectivity index (χ1v) is 9.17. The van der Waals surface area contributed by atoms with E-state index in [1.165, 1.54) is 0 Å². The summed E-state index contributed by atoms with van der Waals surface area (Å²) in [5.74, 6) is -0.302. The fourth-order valence-electron chi connectivity index (χ4n) is 1.96. The van der Waals surface area contributed by atoms with Gasteiger partial charge in [0.15, 0.2) is 0 Å². The van der Waals surface area contributed by atoms with Gasteiger partial charge in [0.05, 0.1) is 6.61 Å². The van der Waals surface area contributed by atoms with Crippen molar-refractivity contribution in [2.24, 2.45) is 0 Å². The largest absolute Gasteiger partial charge is 0.462 e. The Morgan fingerprint density at radius 3 is 2.21 bits per heavy atom. The fraction of sp³-hybridized carbons (Fsp3) is 0.786. The minimum atomic E-state index is -1.97. The second-order valence-corrected chi connectivity index (χ2v) is 8.43. The van der Waals surface area contributed by atoms with E-state index in [0.29, 0.717) is 12.2 Å². The zero-order chi connectivity index (χ0) is 14.7. The number of ether oxygens (including phenoxy) is 1. The first-order valence-electron chi connectivity index (χ1n) is 6.94. The van der Waals surface area contributed by atoms with Crippen LogP contribution in [0.4, 0.5) is 0 Å². The van der Waals surface area contributed by atoms with Gasteiger partial charge in [-0.15, -0.1) is 0 Å². The van der Waals surface area contributed by atoms with Crippen molar-refractivity contribution in [2.75, 3.05) is 20.8 Å². The zero-order valence-electron chi connectivity index (χ0n) is 12.8. The average Bonchev–Trinajstić information content (AvgIpc) is 2.41. The third kappa shape index (κ3) is 7.50. The van der Waals surface area contributed by atoms with Gasteiger partial charge in [-0.05, 0) is 25.4 Å². The van der Waals surface area contributed by atoms with E-state index in [-0.39, 0.29) is 5.97 Å². The molecule has 0 aliphatic rings. The van der Waals surface area contributed by atoms with E-state index in [9.17, 15) is 4.79 Å². The lowest BCUT2D eigenvalue weighted by Gasteiger charge is -2.26. The Hall–Kier alpha value is -0.653. The Balaban J connectivity index is 3.77. The molecule has 0 aliphatic carbocycles. The lowest BCUT2D eigenvalue weighted by atomic mass is 10.3. The van der Waals surface area contributed by atoms with E-state index in [4.69, 9.17) is 13.6 Å². The standard InChI is InChI=1S/C14H28O4Si/c1-6-11-19(16-4,17-5)12-9-7-8-10-18-14(15)13(2)3/h2,6-12H2,1,3-5H3. The molecule has 0 aromatic rings. The van der Waals surface area contributed by atoms with Crippen LogP contribution in [0.3, 0.4) is 0 Å². The SMILES string of the molecule is C=C(C)C(=O)OCCCCC[Si](CCC)(OC)OC. The summed E-state index contributed by atoms with van der Waals surface area (Å²) in [6.07, 6.45) is 4.04. The molecule has 0 bridgehead atoms. The predicted octanol–water partition coefficient (Wildman–Crippen LogP) is 3.42. The van der Waals surface area contributed by atoms with Crippen LogP contribution in [0.15, 0.2) is 12.2 Å². The summed E-state index contributed by atoms with van der Waals surface area (Å²) in [7, 11) is 1.53. The Bertz CT molecular complexity index is 275. The van der Waals surface area contributed by atoms with Crippen LogP contribution in [0, 0.1) is 0 Å². The topological polar surface area (TPSA) is 44.8 Å². The maximum absolute atomic E-state index is 11.2. The summed E-state index contributed by atoms with van der Waals surface area (Å²) in [6, 6.07) is 2.03. The highest BCUT2D eigenvalue weighted by molar-refractivity contribution is 6.67. The van der Waals surface area contributed by atoms with Crippen LogP contribution in [0.25, 0.3) is 0 Å². The van der Waals surface area contributed by atoms with Gasteiger partial charge in [0.2, 0.25) is 0 Å². The first kappa shape index (κ1) is 18.3. The van der Waals surface area contributed by atoms with Crippen LogP contribution in [0.5, 0.6) is 0 Å². The maximum atomic E-state index is 11.2. The van der Waals surface area contributed by atoms with Crippen molar-refractivity contribution in [2.45, 2.75) is 51.6 Å². The van der Waals surface area contributed by atoms with Gasteiger partial charge in [-0.3, -0.25) is 0 Å².